The van der Waals surface area contributed by atoms with Gasteiger partial charge in [-0.1, -0.05) is 12.1 Å². The molecule has 1 N–H and O–H groups in total. The monoisotopic (exact) mass is 290 g/mol. The molecule has 2 aromatic carbocycles. The number of halogens is 2. The largest absolute Gasteiger partial charge is 0.325 e. The smallest absolute Gasteiger partial charge is 0.238 e. The van der Waals surface area contributed by atoms with E-state index < -0.39 is 0 Å². The van der Waals surface area contributed by atoms with Gasteiger partial charge in [0, 0.05) is 12.2 Å². The molecule has 0 aliphatic heterocycles. The molecule has 0 unspecified atom stereocenters. The van der Waals surface area contributed by atoms with Crippen LogP contribution >= 0.6 is 0 Å². The predicted octanol–water partition coefficient (Wildman–Crippen LogP) is 3.04. The van der Waals surface area contributed by atoms with Crippen LogP contribution in [0.15, 0.2) is 48.5 Å². The van der Waals surface area contributed by atoms with Crippen molar-refractivity contribution in [1.82, 2.24) is 4.90 Å². The number of benzene rings is 2. The first kappa shape index (κ1) is 15.1. The number of anilines is 1. The lowest BCUT2D eigenvalue weighted by Gasteiger charge is -2.16. The Labute approximate surface area is 122 Å². The minimum absolute atomic E-state index is 0.161. The van der Waals surface area contributed by atoms with Gasteiger partial charge >= 0.3 is 0 Å². The van der Waals surface area contributed by atoms with Crippen LogP contribution in [0, 0.1) is 11.6 Å². The van der Waals surface area contributed by atoms with Crippen LogP contribution in [-0.4, -0.2) is 24.4 Å². The highest BCUT2D eigenvalue weighted by molar-refractivity contribution is 5.92. The number of likely N-dealkylation sites (N-methyl/N-ethyl adjacent to an activating group) is 1. The van der Waals surface area contributed by atoms with E-state index in [4.69, 9.17) is 0 Å². The summed E-state index contributed by atoms with van der Waals surface area (Å²) in [6.07, 6.45) is 0. The second-order valence-corrected chi connectivity index (χ2v) is 4.86. The Bertz CT molecular complexity index is 614. The van der Waals surface area contributed by atoms with E-state index in [0.717, 1.165) is 5.56 Å². The minimum Gasteiger partial charge on any atom is -0.325 e. The first-order chi connectivity index (χ1) is 10.0. The van der Waals surface area contributed by atoms with Crippen LogP contribution in [-0.2, 0) is 11.3 Å². The van der Waals surface area contributed by atoms with Crippen molar-refractivity contribution in [3.8, 4) is 0 Å². The van der Waals surface area contributed by atoms with Crippen molar-refractivity contribution >= 4 is 11.6 Å². The van der Waals surface area contributed by atoms with Gasteiger partial charge < -0.3 is 5.32 Å². The molecule has 2 rings (SSSR count). The number of amides is 1. The second-order valence-electron chi connectivity index (χ2n) is 4.86. The standard InChI is InChI=1S/C16H16F2N2O/c1-20(10-12-3-2-4-14(18)9-12)11-16(21)19-15-7-5-13(17)6-8-15/h2-9H,10-11H2,1H3,(H,19,21). The molecule has 0 atom stereocenters. The van der Waals surface area contributed by atoms with Crippen molar-refractivity contribution in [2.24, 2.45) is 0 Å². The van der Waals surface area contributed by atoms with Gasteiger partial charge in [0.15, 0.2) is 0 Å². The van der Waals surface area contributed by atoms with E-state index in [-0.39, 0.29) is 24.1 Å². The van der Waals surface area contributed by atoms with Gasteiger partial charge in [0.05, 0.1) is 6.54 Å². The number of carbonyl (C=O) groups is 1. The fourth-order valence-electron chi connectivity index (χ4n) is 1.98. The van der Waals surface area contributed by atoms with Gasteiger partial charge in [0.1, 0.15) is 11.6 Å². The molecule has 21 heavy (non-hydrogen) atoms. The van der Waals surface area contributed by atoms with Gasteiger partial charge in [-0.3, -0.25) is 9.69 Å². The fourth-order valence-corrected chi connectivity index (χ4v) is 1.98. The van der Waals surface area contributed by atoms with E-state index in [1.54, 1.807) is 24.1 Å². The van der Waals surface area contributed by atoms with E-state index in [0.29, 0.717) is 12.2 Å². The predicted molar refractivity (Wildman–Crippen MR) is 77.8 cm³/mol. The molecule has 0 spiro atoms. The van der Waals surface area contributed by atoms with Gasteiger partial charge in [-0.2, -0.15) is 0 Å². The second kappa shape index (κ2) is 6.95. The normalized spacial score (nSPS) is 10.7. The number of nitrogens with one attached hydrogen (secondary N) is 1. The average molecular weight is 290 g/mol. The van der Waals surface area contributed by atoms with Crippen LogP contribution in [0.3, 0.4) is 0 Å². The summed E-state index contributed by atoms with van der Waals surface area (Å²) in [4.78, 5) is 13.6. The molecule has 0 aliphatic carbocycles. The number of rotatable bonds is 5. The lowest BCUT2D eigenvalue weighted by Crippen LogP contribution is -2.29. The maximum Gasteiger partial charge on any atom is 0.238 e. The summed E-state index contributed by atoms with van der Waals surface area (Å²) in [7, 11) is 1.77. The van der Waals surface area contributed by atoms with Crippen LogP contribution in [0.1, 0.15) is 5.56 Å². The van der Waals surface area contributed by atoms with E-state index in [9.17, 15) is 13.6 Å². The third-order valence-electron chi connectivity index (χ3n) is 2.88. The average Bonchev–Trinajstić information content (AvgIpc) is 2.41. The van der Waals surface area contributed by atoms with Gasteiger partial charge in [-0.25, -0.2) is 8.78 Å². The SMILES string of the molecule is CN(CC(=O)Nc1ccc(F)cc1)Cc1cccc(F)c1. The summed E-state index contributed by atoms with van der Waals surface area (Å²) in [6, 6.07) is 11.8. The molecule has 3 nitrogen and oxygen atoms in total. The van der Waals surface area contributed by atoms with Crippen LogP contribution < -0.4 is 5.32 Å². The molecule has 0 fully saturated rings. The highest BCUT2D eigenvalue weighted by Crippen LogP contribution is 2.09. The van der Waals surface area contributed by atoms with E-state index in [1.165, 1.54) is 36.4 Å². The van der Waals surface area contributed by atoms with Crippen LogP contribution in [0.4, 0.5) is 14.5 Å². The van der Waals surface area contributed by atoms with Gasteiger partial charge in [0.2, 0.25) is 5.91 Å². The zero-order valence-corrected chi connectivity index (χ0v) is 11.6. The van der Waals surface area contributed by atoms with Crippen molar-refractivity contribution in [2.75, 3.05) is 18.9 Å². The molecule has 2 aromatic rings. The quantitative estimate of drug-likeness (QED) is 0.918. The Hall–Kier alpha value is -2.27. The Balaban J connectivity index is 1.86. The van der Waals surface area contributed by atoms with E-state index >= 15 is 0 Å². The van der Waals surface area contributed by atoms with Crippen molar-refractivity contribution in [2.45, 2.75) is 6.54 Å². The number of nitrogens with zero attached hydrogens (tertiary/aromatic N) is 1. The minimum atomic E-state index is -0.351. The maximum absolute atomic E-state index is 13.1. The molecular weight excluding hydrogens is 274 g/mol. The van der Waals surface area contributed by atoms with Crippen molar-refractivity contribution in [1.29, 1.82) is 0 Å². The molecule has 0 aromatic heterocycles. The molecule has 0 aliphatic rings. The van der Waals surface area contributed by atoms with E-state index in [1.807, 2.05) is 0 Å². The summed E-state index contributed by atoms with van der Waals surface area (Å²) < 4.78 is 25.8. The molecule has 0 radical (unpaired) electrons. The van der Waals surface area contributed by atoms with Gasteiger partial charge in [-0.15, -0.1) is 0 Å². The Kier molecular flexibility index (Phi) is 5.00. The first-order valence-corrected chi connectivity index (χ1v) is 6.51. The summed E-state index contributed by atoms with van der Waals surface area (Å²) >= 11 is 0. The maximum atomic E-state index is 13.1. The number of hydrogen-bond acceptors (Lipinski definition) is 2. The van der Waals surface area contributed by atoms with Crippen molar-refractivity contribution in [3.05, 3.63) is 65.7 Å². The van der Waals surface area contributed by atoms with Crippen LogP contribution in [0.2, 0.25) is 0 Å². The Morgan fingerprint density at radius 1 is 1.10 bits per heavy atom. The van der Waals surface area contributed by atoms with Crippen molar-refractivity contribution in [3.63, 3.8) is 0 Å². The first-order valence-electron chi connectivity index (χ1n) is 6.51. The highest BCUT2D eigenvalue weighted by atomic mass is 19.1. The lowest BCUT2D eigenvalue weighted by molar-refractivity contribution is -0.117. The molecule has 0 saturated heterocycles. The molecule has 110 valence electrons. The number of hydrogen-bond donors (Lipinski definition) is 1. The van der Waals surface area contributed by atoms with Crippen LogP contribution in [0.25, 0.3) is 0 Å². The number of carbonyl (C=O) groups excluding carboxylic acids is 1. The molecule has 5 heteroatoms. The van der Waals surface area contributed by atoms with Gasteiger partial charge in [-0.05, 0) is 49.0 Å². The molecule has 0 heterocycles. The summed E-state index contributed by atoms with van der Waals surface area (Å²) in [5, 5.41) is 2.68. The molecule has 0 bridgehead atoms. The zero-order valence-electron chi connectivity index (χ0n) is 11.6. The zero-order chi connectivity index (χ0) is 15.2. The fraction of sp³-hybridized carbons (Fsp3) is 0.188. The van der Waals surface area contributed by atoms with Crippen molar-refractivity contribution < 1.29 is 13.6 Å². The third-order valence-corrected chi connectivity index (χ3v) is 2.88. The molecule has 1 amide bonds. The summed E-state index contributed by atoms with van der Waals surface area (Å²) in [5.74, 6) is -0.853. The third kappa shape index (κ3) is 4.96. The molecule has 0 saturated carbocycles. The van der Waals surface area contributed by atoms with E-state index in [2.05, 4.69) is 5.32 Å². The van der Waals surface area contributed by atoms with Gasteiger partial charge in [0.25, 0.3) is 0 Å². The van der Waals surface area contributed by atoms with Crippen LogP contribution in [0.5, 0.6) is 0 Å². The topological polar surface area (TPSA) is 32.3 Å². The lowest BCUT2D eigenvalue weighted by atomic mass is 10.2. The summed E-state index contributed by atoms with van der Waals surface area (Å²) in [5.41, 5.74) is 1.34. The Morgan fingerprint density at radius 3 is 2.48 bits per heavy atom. The highest BCUT2D eigenvalue weighted by Gasteiger charge is 2.08. The molecular formula is C16H16F2N2O. The summed E-state index contributed by atoms with van der Waals surface area (Å²) in [6.45, 7) is 0.627. The Morgan fingerprint density at radius 2 is 1.81 bits per heavy atom.